The summed E-state index contributed by atoms with van der Waals surface area (Å²) >= 11 is 0. The Kier molecular flexibility index (Phi) is 4.30. The lowest BCUT2D eigenvalue weighted by Gasteiger charge is -2.19. The molecular weight excluding hydrogens is 243 g/mol. The van der Waals surface area contributed by atoms with E-state index in [1.165, 1.54) is 18.3 Å². The van der Waals surface area contributed by atoms with Gasteiger partial charge in [0.2, 0.25) is 17.8 Å². The van der Waals surface area contributed by atoms with E-state index in [9.17, 15) is 18.8 Å². The van der Waals surface area contributed by atoms with Gasteiger partial charge in [-0.25, -0.2) is 4.98 Å². The number of nitrogens with zero attached hydrogens (tertiary/aromatic N) is 2. The lowest BCUT2D eigenvalue weighted by atomic mass is 10.2. The monoisotopic (exact) mass is 254 g/mol. The molecule has 0 aliphatic rings. The van der Waals surface area contributed by atoms with Gasteiger partial charge >= 0.3 is 0 Å². The van der Waals surface area contributed by atoms with Gasteiger partial charge in [0.1, 0.15) is 13.1 Å². The number of hydrogen-bond acceptors (Lipinski definition) is 4. The van der Waals surface area contributed by atoms with E-state index in [1.54, 1.807) is 0 Å². The van der Waals surface area contributed by atoms with Crippen molar-refractivity contribution in [1.29, 1.82) is 0 Å². The summed E-state index contributed by atoms with van der Waals surface area (Å²) in [6.45, 7) is -1.06. The van der Waals surface area contributed by atoms with Crippen LogP contribution in [-0.4, -0.2) is 40.7 Å². The number of amides is 3. The summed E-state index contributed by atoms with van der Waals surface area (Å²) in [5.41, 5.74) is 9.50. The van der Waals surface area contributed by atoms with Crippen LogP contribution in [0.25, 0.3) is 0 Å². The number of nitrogens with two attached hydrogens (primary N) is 2. The first-order valence-electron chi connectivity index (χ1n) is 4.88. The fraction of sp³-hybridized carbons (Fsp3) is 0.200. The molecule has 0 aliphatic carbocycles. The van der Waals surface area contributed by atoms with Crippen molar-refractivity contribution in [3.63, 3.8) is 0 Å². The summed E-state index contributed by atoms with van der Waals surface area (Å²) in [4.78, 5) is 37.5. The van der Waals surface area contributed by atoms with Gasteiger partial charge in [0.05, 0.1) is 5.56 Å². The fourth-order valence-corrected chi connectivity index (χ4v) is 1.29. The molecule has 1 aromatic heterocycles. The van der Waals surface area contributed by atoms with Crippen LogP contribution in [0.4, 0.5) is 4.39 Å². The van der Waals surface area contributed by atoms with Crippen LogP contribution >= 0.6 is 0 Å². The molecule has 0 fully saturated rings. The number of carbonyl (C=O) groups excluding carboxylic acids is 3. The summed E-state index contributed by atoms with van der Waals surface area (Å²) < 4.78 is 13.3. The minimum atomic E-state index is -0.999. The zero-order chi connectivity index (χ0) is 13.7. The Hall–Kier alpha value is -2.51. The average Bonchev–Trinajstić information content (AvgIpc) is 2.26. The van der Waals surface area contributed by atoms with Gasteiger partial charge in [0.25, 0.3) is 5.91 Å². The maximum atomic E-state index is 13.3. The highest BCUT2D eigenvalue weighted by Crippen LogP contribution is 2.07. The van der Waals surface area contributed by atoms with Gasteiger partial charge in [0, 0.05) is 6.20 Å². The lowest BCUT2D eigenvalue weighted by molar-refractivity contribution is -0.121. The molecule has 0 atom stereocenters. The second-order valence-corrected chi connectivity index (χ2v) is 3.44. The molecular formula is C10H11FN4O3. The third-order valence-electron chi connectivity index (χ3n) is 1.97. The van der Waals surface area contributed by atoms with E-state index >= 15 is 0 Å². The quantitative estimate of drug-likeness (QED) is 0.630. The number of halogens is 1. The number of hydrogen-bond donors (Lipinski definition) is 2. The van der Waals surface area contributed by atoms with Crippen LogP contribution in [0, 0.1) is 5.95 Å². The van der Waals surface area contributed by atoms with E-state index in [0.29, 0.717) is 0 Å². The molecule has 1 rings (SSSR count). The standard InChI is InChI=1S/C10H11FN4O3/c11-9-6(2-1-3-14-9)10(18)15(4-7(12)16)5-8(13)17/h1-3H,4-5H2,(H2,12,16)(H2,13,17). The van der Waals surface area contributed by atoms with Gasteiger partial charge in [-0.3, -0.25) is 14.4 Å². The van der Waals surface area contributed by atoms with Crippen molar-refractivity contribution in [2.24, 2.45) is 11.5 Å². The summed E-state index contributed by atoms with van der Waals surface area (Å²) in [5, 5.41) is 0. The van der Waals surface area contributed by atoms with Gasteiger partial charge in [0.15, 0.2) is 0 Å². The van der Waals surface area contributed by atoms with E-state index in [4.69, 9.17) is 11.5 Å². The molecule has 4 N–H and O–H groups in total. The molecule has 3 amide bonds. The van der Waals surface area contributed by atoms with Gasteiger partial charge in [-0.2, -0.15) is 4.39 Å². The van der Waals surface area contributed by atoms with Crippen LogP contribution < -0.4 is 11.5 Å². The predicted octanol–water partition coefficient (Wildman–Crippen LogP) is -1.37. The largest absolute Gasteiger partial charge is 0.368 e. The summed E-state index contributed by atoms with van der Waals surface area (Å²) in [6, 6.07) is 2.53. The summed E-state index contributed by atoms with van der Waals surface area (Å²) in [7, 11) is 0. The molecule has 0 radical (unpaired) electrons. The first kappa shape index (κ1) is 13.6. The van der Waals surface area contributed by atoms with E-state index in [2.05, 4.69) is 4.98 Å². The average molecular weight is 254 g/mol. The molecule has 0 spiro atoms. The van der Waals surface area contributed by atoms with Crippen LogP contribution in [0.2, 0.25) is 0 Å². The summed E-state index contributed by atoms with van der Waals surface area (Å²) in [6.07, 6.45) is 1.17. The molecule has 0 bridgehead atoms. The third-order valence-corrected chi connectivity index (χ3v) is 1.97. The highest BCUT2D eigenvalue weighted by molar-refractivity contribution is 5.98. The zero-order valence-electron chi connectivity index (χ0n) is 9.30. The van der Waals surface area contributed by atoms with Gasteiger partial charge < -0.3 is 16.4 Å². The Morgan fingerprint density at radius 1 is 1.22 bits per heavy atom. The van der Waals surface area contributed by atoms with Crippen molar-refractivity contribution >= 4 is 17.7 Å². The molecule has 8 heteroatoms. The van der Waals surface area contributed by atoms with E-state index < -0.39 is 36.8 Å². The number of carbonyl (C=O) groups is 3. The minimum absolute atomic E-state index is 0.361. The molecule has 1 heterocycles. The van der Waals surface area contributed by atoms with Crippen molar-refractivity contribution in [3.05, 3.63) is 29.8 Å². The first-order chi connectivity index (χ1) is 8.41. The fourth-order valence-electron chi connectivity index (χ4n) is 1.29. The second kappa shape index (κ2) is 5.71. The molecule has 0 saturated carbocycles. The molecule has 0 aliphatic heterocycles. The second-order valence-electron chi connectivity index (χ2n) is 3.44. The van der Waals surface area contributed by atoms with Crippen molar-refractivity contribution < 1.29 is 18.8 Å². The Labute approximate surface area is 102 Å². The number of pyridine rings is 1. The smallest absolute Gasteiger partial charge is 0.259 e. The van der Waals surface area contributed by atoms with Crippen LogP contribution in [0.1, 0.15) is 10.4 Å². The molecule has 1 aromatic rings. The van der Waals surface area contributed by atoms with Crippen LogP contribution in [0.5, 0.6) is 0 Å². The number of primary amides is 2. The van der Waals surface area contributed by atoms with E-state index in [0.717, 1.165) is 4.90 Å². The molecule has 96 valence electrons. The van der Waals surface area contributed by atoms with Crippen molar-refractivity contribution in [3.8, 4) is 0 Å². The van der Waals surface area contributed by atoms with Gasteiger partial charge in [-0.1, -0.05) is 0 Å². The predicted molar refractivity (Wildman–Crippen MR) is 58.5 cm³/mol. The molecule has 0 unspecified atom stereocenters. The van der Waals surface area contributed by atoms with Gasteiger partial charge in [-0.05, 0) is 12.1 Å². The number of rotatable bonds is 5. The van der Waals surface area contributed by atoms with Crippen molar-refractivity contribution in [1.82, 2.24) is 9.88 Å². The number of aromatic nitrogens is 1. The highest BCUT2D eigenvalue weighted by Gasteiger charge is 2.22. The van der Waals surface area contributed by atoms with E-state index in [1.807, 2.05) is 0 Å². The Balaban J connectivity index is 2.98. The Morgan fingerprint density at radius 2 is 1.78 bits per heavy atom. The highest BCUT2D eigenvalue weighted by atomic mass is 19.1. The normalized spacial score (nSPS) is 9.83. The third kappa shape index (κ3) is 3.51. The lowest BCUT2D eigenvalue weighted by Crippen LogP contribution is -2.43. The maximum absolute atomic E-state index is 13.3. The van der Waals surface area contributed by atoms with Gasteiger partial charge in [-0.15, -0.1) is 0 Å². The molecule has 7 nitrogen and oxygen atoms in total. The van der Waals surface area contributed by atoms with Crippen molar-refractivity contribution in [2.75, 3.05) is 13.1 Å². The Morgan fingerprint density at radius 3 is 2.22 bits per heavy atom. The first-order valence-corrected chi connectivity index (χ1v) is 4.88. The zero-order valence-corrected chi connectivity index (χ0v) is 9.30. The summed E-state index contributed by atoms with van der Waals surface area (Å²) in [5.74, 6) is -3.55. The molecule has 0 saturated heterocycles. The van der Waals surface area contributed by atoms with Crippen LogP contribution in [-0.2, 0) is 9.59 Å². The SMILES string of the molecule is NC(=O)CN(CC(N)=O)C(=O)c1cccnc1F. The molecule has 18 heavy (non-hydrogen) atoms. The van der Waals surface area contributed by atoms with Crippen molar-refractivity contribution in [2.45, 2.75) is 0 Å². The minimum Gasteiger partial charge on any atom is -0.368 e. The topological polar surface area (TPSA) is 119 Å². The Bertz CT molecular complexity index is 476. The maximum Gasteiger partial charge on any atom is 0.259 e. The molecule has 0 aromatic carbocycles. The van der Waals surface area contributed by atoms with Crippen LogP contribution in [0.15, 0.2) is 18.3 Å². The van der Waals surface area contributed by atoms with E-state index in [-0.39, 0.29) is 5.56 Å². The van der Waals surface area contributed by atoms with Crippen LogP contribution in [0.3, 0.4) is 0 Å².